The zero-order valence-corrected chi connectivity index (χ0v) is 12.6. The van der Waals surface area contributed by atoms with Gasteiger partial charge in [0.05, 0.1) is 11.5 Å². The smallest absolute Gasteiger partial charge is 0.150 e. The lowest BCUT2D eigenvalue weighted by molar-refractivity contribution is 0.586. The Morgan fingerprint density at radius 3 is 2.58 bits per heavy atom. The SMILES string of the molecule is CC(C)(C)c1ccc(NCC2CCS(=O)(=O)C2)nc1. The van der Waals surface area contributed by atoms with Crippen molar-refractivity contribution in [2.75, 3.05) is 23.4 Å². The normalized spacial score (nSPS) is 22.4. The number of anilines is 1. The van der Waals surface area contributed by atoms with Crippen molar-refractivity contribution in [2.24, 2.45) is 5.92 Å². The second-order valence-corrected chi connectivity index (χ2v) is 8.56. The molecule has 5 heteroatoms. The number of nitrogens with one attached hydrogen (secondary N) is 1. The van der Waals surface area contributed by atoms with E-state index in [4.69, 9.17) is 0 Å². The fraction of sp³-hybridized carbons (Fsp3) is 0.643. The maximum absolute atomic E-state index is 11.4. The van der Waals surface area contributed by atoms with Crippen LogP contribution < -0.4 is 5.32 Å². The maximum atomic E-state index is 11.4. The van der Waals surface area contributed by atoms with Crippen LogP contribution in [0.15, 0.2) is 18.3 Å². The summed E-state index contributed by atoms with van der Waals surface area (Å²) in [5.41, 5.74) is 1.30. The summed E-state index contributed by atoms with van der Waals surface area (Å²) in [6.45, 7) is 7.14. The standard InChI is InChI=1S/C14H22N2O2S/c1-14(2,3)12-4-5-13(16-9-12)15-8-11-6-7-19(17,18)10-11/h4-5,9,11H,6-8,10H2,1-3H3,(H,15,16). The number of sulfone groups is 1. The van der Waals surface area contributed by atoms with Crippen molar-refractivity contribution in [1.29, 1.82) is 0 Å². The third-order valence-electron chi connectivity index (χ3n) is 3.53. The van der Waals surface area contributed by atoms with Gasteiger partial charge in [-0.05, 0) is 29.4 Å². The van der Waals surface area contributed by atoms with E-state index in [0.29, 0.717) is 18.1 Å². The highest BCUT2D eigenvalue weighted by molar-refractivity contribution is 7.91. The number of hydrogen-bond donors (Lipinski definition) is 1. The molecule has 19 heavy (non-hydrogen) atoms. The van der Waals surface area contributed by atoms with Gasteiger partial charge in [0, 0.05) is 12.7 Å². The van der Waals surface area contributed by atoms with E-state index in [9.17, 15) is 8.42 Å². The van der Waals surface area contributed by atoms with Crippen LogP contribution in [0, 0.1) is 5.92 Å². The van der Waals surface area contributed by atoms with E-state index >= 15 is 0 Å². The molecule has 0 radical (unpaired) electrons. The average Bonchev–Trinajstić information content (AvgIpc) is 2.66. The van der Waals surface area contributed by atoms with Gasteiger partial charge in [0.1, 0.15) is 5.82 Å². The Morgan fingerprint density at radius 2 is 2.11 bits per heavy atom. The molecule has 106 valence electrons. The van der Waals surface area contributed by atoms with Crippen molar-refractivity contribution in [3.63, 3.8) is 0 Å². The molecule has 1 aliphatic heterocycles. The molecular weight excluding hydrogens is 260 g/mol. The fourth-order valence-electron chi connectivity index (χ4n) is 2.22. The largest absolute Gasteiger partial charge is 0.370 e. The Bertz CT molecular complexity index is 530. The van der Waals surface area contributed by atoms with Crippen LogP contribution in [0.3, 0.4) is 0 Å². The van der Waals surface area contributed by atoms with Gasteiger partial charge in [-0.2, -0.15) is 0 Å². The summed E-state index contributed by atoms with van der Waals surface area (Å²) in [7, 11) is -2.79. The first-order valence-electron chi connectivity index (χ1n) is 6.67. The van der Waals surface area contributed by atoms with E-state index in [1.54, 1.807) is 0 Å². The molecule has 0 bridgehead atoms. The van der Waals surface area contributed by atoms with E-state index < -0.39 is 9.84 Å². The van der Waals surface area contributed by atoms with Crippen LogP contribution in [0.2, 0.25) is 0 Å². The molecule has 1 unspecified atom stereocenters. The number of pyridine rings is 1. The minimum atomic E-state index is -2.79. The first-order chi connectivity index (χ1) is 8.76. The Morgan fingerprint density at radius 1 is 1.37 bits per heavy atom. The van der Waals surface area contributed by atoms with E-state index in [0.717, 1.165) is 12.2 Å². The topological polar surface area (TPSA) is 59.1 Å². The van der Waals surface area contributed by atoms with Crippen LogP contribution in [0.25, 0.3) is 0 Å². The number of hydrogen-bond acceptors (Lipinski definition) is 4. The predicted molar refractivity (Wildman–Crippen MR) is 78.2 cm³/mol. The minimum absolute atomic E-state index is 0.102. The zero-order chi connectivity index (χ0) is 14.1. The first kappa shape index (κ1) is 14.3. The second kappa shape index (κ2) is 5.12. The highest BCUT2D eigenvalue weighted by atomic mass is 32.2. The molecule has 2 rings (SSSR count). The lowest BCUT2D eigenvalue weighted by Gasteiger charge is -2.19. The van der Waals surface area contributed by atoms with Crippen LogP contribution >= 0.6 is 0 Å². The quantitative estimate of drug-likeness (QED) is 0.923. The van der Waals surface area contributed by atoms with Crippen LogP contribution in [0.1, 0.15) is 32.8 Å². The summed E-state index contributed by atoms with van der Waals surface area (Å²) in [5, 5.41) is 3.23. The summed E-state index contributed by atoms with van der Waals surface area (Å²) in [4.78, 5) is 4.38. The molecule has 4 nitrogen and oxygen atoms in total. The van der Waals surface area contributed by atoms with Gasteiger partial charge in [-0.1, -0.05) is 26.8 Å². The van der Waals surface area contributed by atoms with E-state index in [2.05, 4.69) is 37.1 Å². The summed E-state index contributed by atoms with van der Waals surface area (Å²) in [6.07, 6.45) is 2.64. The maximum Gasteiger partial charge on any atom is 0.150 e. The molecule has 0 saturated carbocycles. The Balaban J connectivity index is 1.91. The van der Waals surface area contributed by atoms with E-state index in [-0.39, 0.29) is 11.3 Å². The van der Waals surface area contributed by atoms with Crippen molar-refractivity contribution >= 4 is 15.7 Å². The van der Waals surface area contributed by atoms with E-state index in [1.807, 2.05) is 12.3 Å². The van der Waals surface area contributed by atoms with Gasteiger partial charge in [-0.25, -0.2) is 13.4 Å². The molecule has 2 heterocycles. The fourth-order valence-corrected chi connectivity index (χ4v) is 4.09. The minimum Gasteiger partial charge on any atom is -0.370 e. The highest BCUT2D eigenvalue weighted by Crippen LogP contribution is 2.22. The lowest BCUT2D eigenvalue weighted by atomic mass is 9.88. The molecule has 1 N–H and O–H groups in total. The van der Waals surface area contributed by atoms with Crippen LogP contribution in [0.5, 0.6) is 0 Å². The molecule has 0 aromatic carbocycles. The van der Waals surface area contributed by atoms with Gasteiger partial charge < -0.3 is 5.32 Å². The molecule has 1 atom stereocenters. The number of nitrogens with zero attached hydrogens (tertiary/aromatic N) is 1. The van der Waals surface area contributed by atoms with Gasteiger partial charge in [-0.15, -0.1) is 0 Å². The van der Waals surface area contributed by atoms with Crippen molar-refractivity contribution in [2.45, 2.75) is 32.6 Å². The molecular formula is C14H22N2O2S. The third kappa shape index (κ3) is 3.93. The lowest BCUT2D eigenvalue weighted by Crippen LogP contribution is -2.17. The van der Waals surface area contributed by atoms with Crippen LogP contribution in [-0.2, 0) is 15.3 Å². The van der Waals surface area contributed by atoms with Crippen molar-refractivity contribution < 1.29 is 8.42 Å². The van der Waals surface area contributed by atoms with Gasteiger partial charge in [0.25, 0.3) is 0 Å². The Hall–Kier alpha value is -1.10. The zero-order valence-electron chi connectivity index (χ0n) is 11.8. The number of rotatable bonds is 3. The van der Waals surface area contributed by atoms with Gasteiger partial charge >= 0.3 is 0 Å². The highest BCUT2D eigenvalue weighted by Gasteiger charge is 2.27. The summed E-state index contributed by atoms with van der Waals surface area (Å²) in [6, 6.07) is 4.03. The summed E-state index contributed by atoms with van der Waals surface area (Å²) < 4.78 is 22.7. The van der Waals surface area contributed by atoms with Crippen LogP contribution in [0.4, 0.5) is 5.82 Å². The molecule has 0 amide bonds. The molecule has 1 aromatic rings. The Labute approximate surface area is 115 Å². The van der Waals surface area contributed by atoms with Gasteiger partial charge in [-0.3, -0.25) is 0 Å². The molecule has 1 aliphatic rings. The Kier molecular flexibility index (Phi) is 3.85. The van der Waals surface area contributed by atoms with E-state index in [1.165, 1.54) is 5.56 Å². The third-order valence-corrected chi connectivity index (χ3v) is 5.37. The summed E-state index contributed by atoms with van der Waals surface area (Å²) in [5.74, 6) is 1.67. The van der Waals surface area contributed by atoms with Gasteiger partial charge in [0.15, 0.2) is 9.84 Å². The average molecular weight is 282 g/mol. The van der Waals surface area contributed by atoms with Gasteiger partial charge in [0.2, 0.25) is 0 Å². The monoisotopic (exact) mass is 282 g/mol. The molecule has 0 aliphatic carbocycles. The molecule has 1 saturated heterocycles. The first-order valence-corrected chi connectivity index (χ1v) is 8.49. The van der Waals surface area contributed by atoms with Crippen molar-refractivity contribution in [1.82, 2.24) is 4.98 Å². The second-order valence-electron chi connectivity index (χ2n) is 6.33. The molecule has 1 fully saturated rings. The predicted octanol–water partition coefficient (Wildman–Crippen LogP) is 2.23. The number of aromatic nitrogens is 1. The summed E-state index contributed by atoms with van der Waals surface area (Å²) >= 11 is 0. The molecule has 0 spiro atoms. The van der Waals surface area contributed by atoms with Crippen molar-refractivity contribution in [3.05, 3.63) is 23.9 Å². The van der Waals surface area contributed by atoms with Crippen LogP contribution in [-0.4, -0.2) is 31.5 Å². The van der Waals surface area contributed by atoms with Crippen molar-refractivity contribution in [3.8, 4) is 0 Å². The molecule has 1 aromatic heterocycles.